The first kappa shape index (κ1) is 22.5. The van der Waals surface area contributed by atoms with Gasteiger partial charge in [-0.25, -0.2) is 0 Å². The zero-order valence-electron chi connectivity index (χ0n) is 19.7. The van der Waals surface area contributed by atoms with Crippen molar-refractivity contribution < 1.29 is 4.74 Å². The second-order valence-corrected chi connectivity index (χ2v) is 10.3. The summed E-state index contributed by atoms with van der Waals surface area (Å²) in [5, 5.41) is 1.21. The van der Waals surface area contributed by atoms with Gasteiger partial charge in [0, 0.05) is 73.1 Å². The lowest BCUT2D eigenvalue weighted by molar-refractivity contribution is 0.0900. The summed E-state index contributed by atoms with van der Waals surface area (Å²) in [6.45, 7) is 7.45. The molecule has 2 aliphatic rings. The number of benzene rings is 3. The number of piperazine rings is 1. The molecular formula is C29H29BrN4O. The van der Waals surface area contributed by atoms with Crippen LogP contribution < -0.4 is 9.64 Å². The molecule has 3 heterocycles. The number of fused-ring (bicyclic) bond motifs is 3. The van der Waals surface area contributed by atoms with E-state index in [2.05, 4.69) is 97.4 Å². The number of hydrogen-bond acceptors (Lipinski definition) is 5. The van der Waals surface area contributed by atoms with Crippen LogP contribution in [-0.4, -0.2) is 47.7 Å². The van der Waals surface area contributed by atoms with Crippen molar-refractivity contribution in [1.82, 2.24) is 14.8 Å². The van der Waals surface area contributed by atoms with E-state index < -0.39 is 0 Å². The van der Waals surface area contributed by atoms with Crippen molar-refractivity contribution in [3.05, 3.63) is 100 Å². The van der Waals surface area contributed by atoms with Crippen molar-refractivity contribution in [2.45, 2.75) is 19.6 Å². The lowest BCUT2D eigenvalue weighted by Gasteiger charge is -2.36. The van der Waals surface area contributed by atoms with Crippen molar-refractivity contribution in [2.75, 3.05) is 37.8 Å². The summed E-state index contributed by atoms with van der Waals surface area (Å²) >= 11 is 3.54. The zero-order valence-corrected chi connectivity index (χ0v) is 21.3. The Morgan fingerprint density at radius 3 is 2.43 bits per heavy atom. The molecule has 5 nitrogen and oxygen atoms in total. The van der Waals surface area contributed by atoms with E-state index in [-0.39, 0.29) is 0 Å². The molecule has 4 aromatic rings. The highest BCUT2D eigenvalue weighted by molar-refractivity contribution is 9.10. The van der Waals surface area contributed by atoms with Crippen molar-refractivity contribution in [1.29, 1.82) is 0 Å². The topological polar surface area (TPSA) is 31.8 Å². The molecule has 0 aliphatic carbocycles. The van der Waals surface area contributed by atoms with Crippen LogP contribution in [0.3, 0.4) is 0 Å². The van der Waals surface area contributed by atoms with Gasteiger partial charge in [-0.1, -0.05) is 52.3 Å². The maximum absolute atomic E-state index is 6.28. The second-order valence-electron chi connectivity index (χ2n) is 9.41. The Morgan fingerprint density at radius 2 is 1.63 bits per heavy atom. The van der Waals surface area contributed by atoms with Crippen LogP contribution in [0.4, 0.5) is 5.69 Å². The molecule has 1 saturated heterocycles. The average molecular weight is 529 g/mol. The molecule has 0 radical (unpaired) electrons. The minimum absolute atomic E-state index is 0.588. The summed E-state index contributed by atoms with van der Waals surface area (Å²) in [5.41, 5.74) is 6.18. The van der Waals surface area contributed by atoms with E-state index in [1.165, 1.54) is 27.8 Å². The Bertz CT molecular complexity index is 1300. The molecule has 0 amide bonds. The van der Waals surface area contributed by atoms with E-state index in [4.69, 9.17) is 9.72 Å². The fourth-order valence-electron chi connectivity index (χ4n) is 5.20. The van der Waals surface area contributed by atoms with Crippen LogP contribution in [0.2, 0.25) is 0 Å². The number of pyridine rings is 1. The van der Waals surface area contributed by atoms with Gasteiger partial charge in [0.1, 0.15) is 12.2 Å². The Labute approximate surface area is 215 Å². The van der Waals surface area contributed by atoms with Gasteiger partial charge in [0.25, 0.3) is 0 Å². The van der Waals surface area contributed by atoms with E-state index in [1.807, 2.05) is 12.3 Å². The van der Waals surface area contributed by atoms with Gasteiger partial charge in [-0.05, 0) is 47.5 Å². The first-order valence-electron chi connectivity index (χ1n) is 12.2. The minimum Gasteiger partial charge on any atom is -0.475 e. The maximum Gasteiger partial charge on any atom is 0.152 e. The highest BCUT2D eigenvalue weighted by Gasteiger charge is 2.24. The van der Waals surface area contributed by atoms with Gasteiger partial charge >= 0.3 is 0 Å². The highest BCUT2D eigenvalue weighted by atomic mass is 79.9. The molecule has 0 N–H and O–H groups in total. The van der Waals surface area contributed by atoms with E-state index in [0.717, 1.165) is 61.6 Å². The third-order valence-electron chi connectivity index (χ3n) is 7.00. The normalized spacial score (nSPS) is 16.8. The number of anilines is 1. The highest BCUT2D eigenvalue weighted by Crippen LogP contribution is 2.35. The molecule has 0 spiro atoms. The molecule has 2 aliphatic heterocycles. The Kier molecular flexibility index (Phi) is 6.42. The number of halogens is 1. The van der Waals surface area contributed by atoms with Crippen molar-refractivity contribution >= 4 is 32.5 Å². The molecule has 1 fully saturated rings. The van der Waals surface area contributed by atoms with E-state index in [0.29, 0.717) is 6.73 Å². The van der Waals surface area contributed by atoms with Crippen LogP contribution in [0.25, 0.3) is 10.9 Å². The smallest absolute Gasteiger partial charge is 0.152 e. The van der Waals surface area contributed by atoms with Gasteiger partial charge in [0.2, 0.25) is 0 Å². The van der Waals surface area contributed by atoms with Gasteiger partial charge in [0.15, 0.2) is 5.75 Å². The van der Waals surface area contributed by atoms with Crippen molar-refractivity contribution in [3.8, 4) is 5.75 Å². The van der Waals surface area contributed by atoms with Crippen LogP contribution in [-0.2, 0) is 19.6 Å². The molecule has 0 saturated carbocycles. The molecule has 1 aromatic heterocycles. The van der Waals surface area contributed by atoms with Gasteiger partial charge in [-0.15, -0.1) is 0 Å². The largest absolute Gasteiger partial charge is 0.475 e. The van der Waals surface area contributed by atoms with Gasteiger partial charge in [-0.2, -0.15) is 0 Å². The number of nitrogens with zero attached hydrogens (tertiary/aromatic N) is 4. The van der Waals surface area contributed by atoms with Crippen LogP contribution in [0.15, 0.2) is 83.5 Å². The van der Waals surface area contributed by atoms with Crippen LogP contribution in [0, 0.1) is 0 Å². The number of aromatic nitrogens is 1. The predicted octanol–water partition coefficient (Wildman–Crippen LogP) is 5.67. The summed E-state index contributed by atoms with van der Waals surface area (Å²) in [6.07, 6.45) is 1.88. The first-order valence-corrected chi connectivity index (χ1v) is 13.0. The molecule has 6 rings (SSSR count). The Morgan fingerprint density at radius 1 is 0.829 bits per heavy atom. The van der Waals surface area contributed by atoms with Crippen LogP contribution in [0.5, 0.6) is 5.75 Å². The minimum atomic E-state index is 0.588. The molecule has 0 atom stereocenters. The fourth-order valence-corrected chi connectivity index (χ4v) is 5.47. The molecule has 0 bridgehead atoms. The third kappa shape index (κ3) is 4.92. The van der Waals surface area contributed by atoms with E-state index >= 15 is 0 Å². The fraction of sp³-hybridized carbons (Fsp3) is 0.276. The van der Waals surface area contributed by atoms with Gasteiger partial charge in [-0.3, -0.25) is 14.8 Å². The van der Waals surface area contributed by atoms with Crippen LogP contribution in [0.1, 0.15) is 16.7 Å². The molecule has 3 aromatic carbocycles. The summed E-state index contributed by atoms with van der Waals surface area (Å²) in [4.78, 5) is 12.1. The van der Waals surface area contributed by atoms with Crippen molar-refractivity contribution in [3.63, 3.8) is 0 Å². The molecule has 0 unspecified atom stereocenters. The quantitative estimate of drug-likeness (QED) is 0.333. The summed E-state index contributed by atoms with van der Waals surface area (Å²) in [6, 6.07) is 25.8. The van der Waals surface area contributed by atoms with Gasteiger partial charge < -0.3 is 9.64 Å². The number of rotatable bonds is 5. The Hall–Kier alpha value is -2.93. The van der Waals surface area contributed by atoms with Crippen LogP contribution >= 0.6 is 15.9 Å². The lowest BCUT2D eigenvalue weighted by Crippen LogP contribution is -2.46. The standard InChI is InChI=1S/C29H29BrN4O/c30-25-8-10-26(11-9-25)34-15-13-32(14-16-34)19-23-17-24-20-33(18-22-5-2-1-3-6-22)21-35-29(24)28-27(23)7-4-12-31-28/h1-12,17H,13-16,18-21H2. The SMILES string of the molecule is Brc1ccc(N2CCN(Cc3cc4c(c5ncccc35)OCN(Cc3ccccc3)C4)CC2)cc1. The second kappa shape index (κ2) is 9.97. The van der Waals surface area contributed by atoms with E-state index in [1.54, 1.807) is 0 Å². The summed E-state index contributed by atoms with van der Waals surface area (Å²) in [5.74, 6) is 0.953. The average Bonchev–Trinajstić information content (AvgIpc) is 2.90. The molecule has 35 heavy (non-hydrogen) atoms. The predicted molar refractivity (Wildman–Crippen MR) is 145 cm³/mol. The maximum atomic E-state index is 6.28. The van der Waals surface area contributed by atoms with Gasteiger partial charge in [0.05, 0.1) is 0 Å². The molecular weight excluding hydrogens is 500 g/mol. The number of hydrogen-bond donors (Lipinski definition) is 0. The monoisotopic (exact) mass is 528 g/mol. The summed E-state index contributed by atoms with van der Waals surface area (Å²) in [7, 11) is 0. The summed E-state index contributed by atoms with van der Waals surface area (Å²) < 4.78 is 7.40. The molecule has 178 valence electrons. The number of ether oxygens (including phenoxy) is 1. The lowest BCUT2D eigenvalue weighted by atomic mass is 10.0. The van der Waals surface area contributed by atoms with Crippen molar-refractivity contribution in [2.24, 2.45) is 0 Å². The molecule has 6 heteroatoms. The third-order valence-corrected chi connectivity index (χ3v) is 7.53. The van der Waals surface area contributed by atoms with E-state index in [9.17, 15) is 0 Å². The Balaban J connectivity index is 1.20. The first-order chi connectivity index (χ1) is 17.2. The zero-order chi connectivity index (χ0) is 23.6.